The van der Waals surface area contributed by atoms with E-state index in [4.69, 9.17) is 0 Å². The normalized spacial score (nSPS) is 18.9. The number of hydrogen-bond acceptors (Lipinski definition) is 2. The van der Waals surface area contributed by atoms with Crippen molar-refractivity contribution in [3.05, 3.63) is 24.3 Å². The van der Waals surface area contributed by atoms with Gasteiger partial charge >= 0.3 is 0 Å². The van der Waals surface area contributed by atoms with Gasteiger partial charge < -0.3 is 0 Å². The Bertz CT molecular complexity index is 211. The molecule has 9 heavy (non-hydrogen) atoms. The monoisotopic (exact) mass is 121 g/mol. The van der Waals surface area contributed by atoms with Crippen LogP contribution in [0.25, 0.3) is 0 Å². The molecule has 0 aromatic carbocycles. The van der Waals surface area contributed by atoms with Crippen LogP contribution in [-0.4, -0.2) is 11.6 Å². The fourth-order valence-corrected chi connectivity index (χ4v) is 0.586. The predicted octanol–water partition coefficient (Wildman–Crippen LogP) is 0.444. The minimum atomic E-state index is -0.578. The van der Waals surface area contributed by atoms with Crippen LogP contribution in [0.5, 0.6) is 0 Å². The minimum Gasteiger partial charge on any atom is -0.285 e. The lowest BCUT2D eigenvalue weighted by Gasteiger charge is -2.00. The molecule has 1 radical (unpaired) electrons. The molecule has 0 heterocycles. The van der Waals surface area contributed by atoms with Crippen LogP contribution >= 0.6 is 0 Å². The van der Waals surface area contributed by atoms with Crippen molar-refractivity contribution in [1.82, 2.24) is 0 Å². The number of allylic oxidation sites excluding steroid dienone is 3. The summed E-state index contributed by atoms with van der Waals surface area (Å²) in [6, 6.07) is 0. The SMILES string of the molecule is C=C1CC=[C]C(=O)C1=O. The van der Waals surface area contributed by atoms with Crippen molar-refractivity contribution >= 4 is 11.6 Å². The van der Waals surface area contributed by atoms with Crippen LogP contribution < -0.4 is 0 Å². The zero-order valence-electron chi connectivity index (χ0n) is 4.81. The Balaban J connectivity index is 2.94. The quantitative estimate of drug-likeness (QED) is 0.344. The van der Waals surface area contributed by atoms with Crippen molar-refractivity contribution in [2.75, 3.05) is 0 Å². The van der Waals surface area contributed by atoms with Gasteiger partial charge in [0.15, 0.2) is 0 Å². The number of rotatable bonds is 0. The first-order chi connectivity index (χ1) is 4.22. The van der Waals surface area contributed by atoms with Gasteiger partial charge in [-0.05, 0) is 6.42 Å². The highest BCUT2D eigenvalue weighted by molar-refractivity contribution is 6.46. The average Bonchev–Trinajstić information content (AvgIpc) is 1.83. The van der Waals surface area contributed by atoms with Crippen molar-refractivity contribution < 1.29 is 9.59 Å². The lowest BCUT2D eigenvalue weighted by atomic mass is 10.0. The van der Waals surface area contributed by atoms with E-state index in [1.54, 1.807) is 0 Å². The lowest BCUT2D eigenvalue weighted by molar-refractivity contribution is -0.132. The third-order valence-corrected chi connectivity index (χ3v) is 1.11. The first kappa shape index (κ1) is 5.95. The second-order valence-electron chi connectivity index (χ2n) is 1.81. The van der Waals surface area contributed by atoms with Gasteiger partial charge in [-0.1, -0.05) is 12.7 Å². The number of Topliss-reactive ketones (excluding diaryl/α,β-unsaturated/α-hetero) is 2. The average molecular weight is 121 g/mol. The van der Waals surface area contributed by atoms with Gasteiger partial charge in [0.2, 0.25) is 11.6 Å². The van der Waals surface area contributed by atoms with Gasteiger partial charge in [-0.3, -0.25) is 9.59 Å². The largest absolute Gasteiger partial charge is 0.285 e. The summed E-state index contributed by atoms with van der Waals surface area (Å²) in [4.78, 5) is 21.0. The second kappa shape index (κ2) is 1.97. The summed E-state index contributed by atoms with van der Waals surface area (Å²) >= 11 is 0. The topological polar surface area (TPSA) is 34.1 Å². The van der Waals surface area contributed by atoms with E-state index in [-0.39, 0.29) is 0 Å². The Morgan fingerprint density at radius 3 is 2.67 bits per heavy atom. The van der Waals surface area contributed by atoms with E-state index in [0.717, 1.165) is 0 Å². The molecular weight excluding hydrogens is 116 g/mol. The Morgan fingerprint density at radius 1 is 1.56 bits per heavy atom. The van der Waals surface area contributed by atoms with E-state index in [1.165, 1.54) is 6.08 Å². The molecular formula is C7H5O2. The smallest absolute Gasteiger partial charge is 0.233 e. The Labute approximate surface area is 52.9 Å². The number of carbonyl (C=O) groups excluding carboxylic acids is 2. The third kappa shape index (κ3) is 0.964. The van der Waals surface area contributed by atoms with Gasteiger partial charge in [0.25, 0.3) is 0 Å². The van der Waals surface area contributed by atoms with Crippen molar-refractivity contribution in [3.63, 3.8) is 0 Å². The van der Waals surface area contributed by atoms with Crippen molar-refractivity contribution in [2.24, 2.45) is 0 Å². The number of hydrogen-bond donors (Lipinski definition) is 0. The molecule has 0 aliphatic heterocycles. The van der Waals surface area contributed by atoms with Gasteiger partial charge in [-0.15, -0.1) is 0 Å². The molecule has 0 atom stereocenters. The van der Waals surface area contributed by atoms with Gasteiger partial charge in [0.05, 0.1) is 0 Å². The molecule has 0 fully saturated rings. The van der Waals surface area contributed by atoms with Crippen LogP contribution in [-0.2, 0) is 9.59 Å². The molecule has 0 saturated heterocycles. The maximum Gasteiger partial charge on any atom is 0.233 e. The van der Waals surface area contributed by atoms with Crippen molar-refractivity contribution in [1.29, 1.82) is 0 Å². The molecule has 0 aromatic rings. The zero-order valence-corrected chi connectivity index (χ0v) is 4.81. The van der Waals surface area contributed by atoms with Gasteiger partial charge in [0.1, 0.15) is 0 Å². The molecule has 1 rings (SSSR count). The number of ketones is 2. The predicted molar refractivity (Wildman–Crippen MR) is 31.6 cm³/mol. The molecule has 0 unspecified atom stereocenters. The molecule has 0 saturated carbocycles. The van der Waals surface area contributed by atoms with Crippen molar-refractivity contribution in [2.45, 2.75) is 6.42 Å². The summed E-state index contributed by atoms with van der Waals surface area (Å²) < 4.78 is 0. The van der Waals surface area contributed by atoms with Crippen LogP contribution in [0, 0.1) is 6.08 Å². The van der Waals surface area contributed by atoms with Crippen LogP contribution in [0.4, 0.5) is 0 Å². The molecule has 0 spiro atoms. The van der Waals surface area contributed by atoms with Crippen LogP contribution in [0.1, 0.15) is 6.42 Å². The van der Waals surface area contributed by atoms with E-state index >= 15 is 0 Å². The molecule has 0 N–H and O–H groups in total. The Hall–Kier alpha value is -1.18. The summed E-state index contributed by atoms with van der Waals surface area (Å²) in [6.07, 6.45) is 4.27. The summed E-state index contributed by atoms with van der Waals surface area (Å²) in [5.41, 5.74) is 0.360. The van der Waals surface area contributed by atoms with E-state index in [2.05, 4.69) is 12.7 Å². The summed E-state index contributed by atoms with van der Waals surface area (Å²) in [5, 5.41) is 0. The molecule has 0 aromatic heterocycles. The third-order valence-electron chi connectivity index (χ3n) is 1.11. The summed E-state index contributed by atoms with van der Waals surface area (Å²) in [6.45, 7) is 3.40. The second-order valence-corrected chi connectivity index (χ2v) is 1.81. The minimum absolute atomic E-state index is 0.360. The Morgan fingerprint density at radius 2 is 2.22 bits per heavy atom. The van der Waals surface area contributed by atoms with E-state index < -0.39 is 11.6 Å². The highest BCUT2D eigenvalue weighted by atomic mass is 16.2. The molecule has 45 valence electrons. The zero-order chi connectivity index (χ0) is 6.85. The Kier molecular flexibility index (Phi) is 1.30. The van der Waals surface area contributed by atoms with E-state index in [1.807, 2.05) is 0 Å². The van der Waals surface area contributed by atoms with Crippen LogP contribution in [0.15, 0.2) is 18.2 Å². The molecule has 0 amide bonds. The number of carbonyl (C=O) groups is 2. The maximum absolute atomic E-state index is 10.6. The first-order valence-electron chi connectivity index (χ1n) is 2.56. The highest BCUT2D eigenvalue weighted by Crippen LogP contribution is 2.06. The van der Waals surface area contributed by atoms with Crippen LogP contribution in [0.2, 0.25) is 0 Å². The standard InChI is InChI=1S/C7H5O2/c1-5-3-2-4-6(8)7(5)9/h2H,1,3H2. The van der Waals surface area contributed by atoms with Crippen molar-refractivity contribution in [3.8, 4) is 0 Å². The van der Waals surface area contributed by atoms with Gasteiger partial charge in [0, 0.05) is 11.6 Å². The van der Waals surface area contributed by atoms with Crippen LogP contribution in [0.3, 0.4) is 0 Å². The lowest BCUT2D eigenvalue weighted by Crippen LogP contribution is -2.16. The summed E-state index contributed by atoms with van der Waals surface area (Å²) in [7, 11) is 0. The maximum atomic E-state index is 10.6. The molecule has 2 nitrogen and oxygen atoms in total. The fraction of sp³-hybridized carbons (Fsp3) is 0.143. The summed E-state index contributed by atoms with van der Waals surface area (Å²) in [5.74, 6) is -1.08. The van der Waals surface area contributed by atoms with Gasteiger partial charge in [-0.25, -0.2) is 0 Å². The first-order valence-corrected chi connectivity index (χ1v) is 2.56. The van der Waals surface area contributed by atoms with E-state index in [0.29, 0.717) is 12.0 Å². The molecule has 0 bridgehead atoms. The molecule has 1 aliphatic carbocycles. The van der Waals surface area contributed by atoms with E-state index in [9.17, 15) is 9.59 Å². The molecule has 2 heteroatoms. The highest BCUT2D eigenvalue weighted by Gasteiger charge is 2.17. The molecule has 1 aliphatic rings. The van der Waals surface area contributed by atoms with Gasteiger partial charge in [-0.2, -0.15) is 0 Å². The fourth-order valence-electron chi connectivity index (χ4n) is 0.586.